The Morgan fingerprint density at radius 3 is 2.69 bits per heavy atom. The molecule has 0 aliphatic heterocycles. The van der Waals surface area contributed by atoms with Crippen LogP contribution in [0.4, 0.5) is 10.1 Å². The third-order valence-corrected chi connectivity index (χ3v) is 5.30. The lowest BCUT2D eigenvalue weighted by molar-refractivity contribution is -0.123. The Morgan fingerprint density at radius 1 is 1.38 bits per heavy atom. The minimum atomic E-state index is -1.13. The van der Waals surface area contributed by atoms with E-state index in [9.17, 15) is 19.2 Å². The van der Waals surface area contributed by atoms with Crippen LogP contribution in [0.2, 0.25) is 0 Å². The molecule has 1 aliphatic rings. The molecule has 1 saturated carbocycles. The van der Waals surface area contributed by atoms with Gasteiger partial charge in [-0.25, -0.2) is 14.2 Å². The summed E-state index contributed by atoms with van der Waals surface area (Å²) in [6, 6.07) is 7.90. The molecule has 1 aromatic heterocycles. The third-order valence-electron chi connectivity index (χ3n) is 4.62. The molecule has 0 radical (unpaired) electrons. The van der Waals surface area contributed by atoms with E-state index in [0.29, 0.717) is 10.6 Å². The van der Waals surface area contributed by atoms with Gasteiger partial charge < -0.3 is 10.1 Å². The minimum Gasteiger partial charge on any atom is -0.449 e. The van der Waals surface area contributed by atoms with Crippen molar-refractivity contribution in [1.82, 2.24) is 4.98 Å². The van der Waals surface area contributed by atoms with Gasteiger partial charge in [-0.1, -0.05) is 6.07 Å². The fourth-order valence-corrected chi connectivity index (χ4v) is 3.29. The van der Waals surface area contributed by atoms with Gasteiger partial charge in [0, 0.05) is 17.3 Å². The van der Waals surface area contributed by atoms with E-state index in [1.54, 1.807) is 31.4 Å². The predicted molar refractivity (Wildman–Crippen MR) is 107 cm³/mol. The van der Waals surface area contributed by atoms with E-state index < -0.39 is 23.8 Å². The first-order valence-corrected chi connectivity index (χ1v) is 10.3. The zero-order valence-corrected chi connectivity index (χ0v) is 17.1. The number of hydrogen-bond donors (Lipinski definition) is 1. The van der Waals surface area contributed by atoms with Gasteiger partial charge in [-0.05, 0) is 56.7 Å². The highest BCUT2D eigenvalue weighted by Crippen LogP contribution is 2.40. The van der Waals surface area contributed by atoms with Crippen LogP contribution in [0.1, 0.15) is 52.9 Å². The third kappa shape index (κ3) is 4.74. The quantitative estimate of drug-likeness (QED) is 0.564. The van der Waals surface area contributed by atoms with E-state index in [2.05, 4.69) is 10.3 Å². The largest absolute Gasteiger partial charge is 0.449 e. The molecule has 1 amide bonds. The zero-order chi connectivity index (χ0) is 21.1. The van der Waals surface area contributed by atoms with E-state index in [4.69, 9.17) is 4.74 Å². The summed E-state index contributed by atoms with van der Waals surface area (Å²) in [5.41, 5.74) is 1.73. The average Bonchev–Trinajstić information content (AvgIpc) is 3.54. The number of nitriles is 1. The molecule has 0 saturated heterocycles. The molecule has 1 atom stereocenters. The molecular weight excluding hydrogens is 393 g/mol. The number of aryl methyl sites for hydroxylation is 1. The van der Waals surface area contributed by atoms with Crippen LogP contribution >= 0.6 is 11.8 Å². The second-order valence-corrected chi connectivity index (χ2v) is 7.66. The van der Waals surface area contributed by atoms with Gasteiger partial charge in [-0.2, -0.15) is 5.26 Å². The number of pyridine rings is 1. The highest BCUT2D eigenvalue weighted by molar-refractivity contribution is 7.98. The molecular formula is C21H20FN3O3S. The van der Waals surface area contributed by atoms with Gasteiger partial charge in [0.15, 0.2) is 6.10 Å². The van der Waals surface area contributed by atoms with Crippen LogP contribution in [0, 0.1) is 24.1 Å². The summed E-state index contributed by atoms with van der Waals surface area (Å²) in [6.45, 7) is 3.04. The number of halogens is 1. The van der Waals surface area contributed by atoms with E-state index in [-0.39, 0.29) is 22.7 Å². The number of amides is 1. The second kappa shape index (κ2) is 8.62. The number of ether oxygens (including phenoxy) is 1. The SMILES string of the molecule is CSc1nc(C2CC2)cc(C(=O)OC(C)C(=O)Nc2ccc(C)c(F)c2)c1C#N. The maximum atomic E-state index is 13.6. The highest BCUT2D eigenvalue weighted by atomic mass is 32.2. The van der Waals surface area contributed by atoms with Crippen LogP contribution in [-0.2, 0) is 9.53 Å². The van der Waals surface area contributed by atoms with Crippen molar-refractivity contribution in [3.8, 4) is 6.07 Å². The molecule has 1 N–H and O–H groups in total. The van der Waals surface area contributed by atoms with Crippen molar-refractivity contribution in [3.63, 3.8) is 0 Å². The van der Waals surface area contributed by atoms with Gasteiger partial charge in [0.2, 0.25) is 0 Å². The fourth-order valence-electron chi connectivity index (χ4n) is 2.74. The Balaban J connectivity index is 1.76. The Morgan fingerprint density at radius 2 is 2.10 bits per heavy atom. The van der Waals surface area contributed by atoms with E-state index in [0.717, 1.165) is 18.5 Å². The first kappa shape index (κ1) is 20.8. The predicted octanol–water partition coefficient (Wildman–Crippen LogP) is 4.18. The van der Waals surface area contributed by atoms with E-state index >= 15 is 0 Å². The molecule has 2 aromatic rings. The number of nitrogens with one attached hydrogen (secondary N) is 1. The Bertz CT molecular complexity index is 1010. The van der Waals surface area contributed by atoms with Crippen LogP contribution in [0.15, 0.2) is 29.3 Å². The number of rotatable bonds is 6. The van der Waals surface area contributed by atoms with Crippen molar-refractivity contribution >= 4 is 29.3 Å². The van der Waals surface area contributed by atoms with Crippen molar-refractivity contribution < 1.29 is 18.7 Å². The van der Waals surface area contributed by atoms with Crippen LogP contribution < -0.4 is 5.32 Å². The number of aromatic nitrogens is 1. The van der Waals surface area contributed by atoms with Gasteiger partial charge >= 0.3 is 5.97 Å². The summed E-state index contributed by atoms with van der Waals surface area (Å²) < 4.78 is 18.9. The molecule has 1 fully saturated rings. The molecule has 0 bridgehead atoms. The van der Waals surface area contributed by atoms with Gasteiger partial charge in [0.1, 0.15) is 16.9 Å². The van der Waals surface area contributed by atoms with Crippen LogP contribution in [-0.4, -0.2) is 29.2 Å². The summed E-state index contributed by atoms with van der Waals surface area (Å²) in [5, 5.41) is 12.5. The Kier molecular flexibility index (Phi) is 6.18. The monoisotopic (exact) mass is 413 g/mol. The number of thioether (sulfide) groups is 1. The normalized spacial score (nSPS) is 14.0. The summed E-state index contributed by atoms with van der Waals surface area (Å²) in [5.74, 6) is -1.52. The lowest BCUT2D eigenvalue weighted by atomic mass is 10.1. The summed E-state index contributed by atoms with van der Waals surface area (Å²) in [7, 11) is 0. The second-order valence-electron chi connectivity index (χ2n) is 6.87. The molecule has 3 rings (SSSR count). The van der Waals surface area contributed by atoms with E-state index in [1.807, 2.05) is 6.07 Å². The van der Waals surface area contributed by atoms with Crippen LogP contribution in [0.25, 0.3) is 0 Å². The number of carbonyl (C=O) groups is 2. The number of esters is 1. The molecule has 1 unspecified atom stereocenters. The van der Waals surface area contributed by atoms with Gasteiger partial charge in [0.05, 0.1) is 11.1 Å². The van der Waals surface area contributed by atoms with Crippen molar-refractivity contribution in [2.24, 2.45) is 0 Å². The van der Waals surface area contributed by atoms with Crippen molar-refractivity contribution in [1.29, 1.82) is 5.26 Å². The molecule has 29 heavy (non-hydrogen) atoms. The number of nitrogens with zero attached hydrogens (tertiary/aromatic N) is 2. The molecule has 150 valence electrons. The Hall–Kier alpha value is -2.92. The van der Waals surface area contributed by atoms with Crippen LogP contribution in [0.5, 0.6) is 0 Å². The molecule has 1 aromatic carbocycles. The zero-order valence-electron chi connectivity index (χ0n) is 16.3. The summed E-state index contributed by atoms with van der Waals surface area (Å²) in [4.78, 5) is 29.5. The number of anilines is 1. The lowest BCUT2D eigenvalue weighted by Crippen LogP contribution is -2.30. The number of carbonyl (C=O) groups excluding carboxylic acids is 2. The standard InChI is InChI=1S/C21H20FN3O3S/c1-11-4-7-14(8-17(11)22)24-19(26)12(2)28-21(27)15-9-18(13-5-6-13)25-20(29-3)16(15)10-23/h4,7-9,12-13H,5-6H2,1-3H3,(H,24,26). The van der Waals surface area contributed by atoms with Gasteiger partial charge in [-0.3, -0.25) is 4.79 Å². The number of benzene rings is 1. The Labute approximate surface area is 172 Å². The van der Waals surface area contributed by atoms with E-state index in [1.165, 1.54) is 24.8 Å². The first-order valence-electron chi connectivity index (χ1n) is 9.11. The summed E-state index contributed by atoms with van der Waals surface area (Å²) >= 11 is 1.28. The van der Waals surface area contributed by atoms with Crippen molar-refractivity contribution in [2.75, 3.05) is 11.6 Å². The maximum absolute atomic E-state index is 13.6. The minimum absolute atomic E-state index is 0.106. The van der Waals surface area contributed by atoms with Crippen molar-refractivity contribution in [2.45, 2.75) is 43.7 Å². The molecule has 6 nitrogen and oxygen atoms in total. The smallest absolute Gasteiger partial charge is 0.340 e. The van der Waals surface area contributed by atoms with Crippen LogP contribution in [0.3, 0.4) is 0 Å². The summed E-state index contributed by atoms with van der Waals surface area (Å²) in [6.07, 6.45) is 2.64. The van der Waals surface area contributed by atoms with Crippen molar-refractivity contribution in [3.05, 3.63) is 52.5 Å². The molecule has 8 heteroatoms. The average molecular weight is 413 g/mol. The maximum Gasteiger partial charge on any atom is 0.340 e. The molecule has 1 heterocycles. The molecule has 1 aliphatic carbocycles. The first-order chi connectivity index (χ1) is 13.8. The van der Waals surface area contributed by atoms with Gasteiger partial charge in [0.25, 0.3) is 5.91 Å². The topological polar surface area (TPSA) is 92.1 Å². The highest BCUT2D eigenvalue weighted by Gasteiger charge is 2.30. The van der Waals surface area contributed by atoms with Gasteiger partial charge in [-0.15, -0.1) is 11.8 Å². The number of hydrogen-bond acceptors (Lipinski definition) is 6. The fraction of sp³-hybridized carbons (Fsp3) is 0.333. The molecule has 0 spiro atoms. The lowest BCUT2D eigenvalue weighted by Gasteiger charge is -2.15.